The van der Waals surface area contributed by atoms with Gasteiger partial charge in [-0.3, -0.25) is 9.59 Å². The number of amides is 2. The fraction of sp³-hybridized carbons (Fsp3) is 0.167. The molecule has 2 aromatic carbocycles. The van der Waals surface area contributed by atoms with E-state index in [4.69, 9.17) is 11.6 Å². The zero-order chi connectivity index (χ0) is 17.5. The van der Waals surface area contributed by atoms with Gasteiger partial charge in [-0.1, -0.05) is 61.8 Å². The summed E-state index contributed by atoms with van der Waals surface area (Å²) in [5.41, 5.74) is 4.59. The summed E-state index contributed by atoms with van der Waals surface area (Å²) in [4.78, 5) is 23.5. The van der Waals surface area contributed by atoms with E-state index in [-0.39, 0.29) is 0 Å². The number of nitrogens with one attached hydrogen (secondary N) is 2. The van der Waals surface area contributed by atoms with Crippen LogP contribution in [0.4, 0.5) is 5.69 Å². The van der Waals surface area contributed by atoms with E-state index in [9.17, 15) is 9.59 Å². The van der Waals surface area contributed by atoms with Gasteiger partial charge < -0.3 is 5.32 Å². The van der Waals surface area contributed by atoms with Gasteiger partial charge in [-0.15, -0.1) is 0 Å². The molecule has 0 aliphatic rings. The Morgan fingerprint density at radius 1 is 1.04 bits per heavy atom. The largest absolute Gasteiger partial charge is 0.329 e. The molecule has 2 rings (SSSR count). The summed E-state index contributed by atoms with van der Waals surface area (Å²) in [5, 5.41) is 6.56. The van der Waals surface area contributed by atoms with Crippen molar-refractivity contribution in [1.29, 1.82) is 0 Å². The normalized spacial score (nSPS) is 10.8. The van der Waals surface area contributed by atoms with Gasteiger partial charge in [0.2, 0.25) is 0 Å². The third-order valence-electron chi connectivity index (χ3n) is 3.31. The summed E-state index contributed by atoms with van der Waals surface area (Å²) >= 11 is 5.92. The van der Waals surface area contributed by atoms with E-state index in [1.807, 2.05) is 24.3 Å². The van der Waals surface area contributed by atoms with Gasteiger partial charge in [0.05, 0.1) is 16.9 Å². The smallest absolute Gasteiger partial charge is 0.316 e. The number of para-hydroxylation sites is 1. The molecule has 0 fully saturated rings. The van der Waals surface area contributed by atoms with Crippen molar-refractivity contribution in [1.82, 2.24) is 5.43 Å². The van der Waals surface area contributed by atoms with Crippen LogP contribution < -0.4 is 10.7 Å². The number of halogens is 1. The Labute approximate surface area is 145 Å². The van der Waals surface area contributed by atoms with Crippen molar-refractivity contribution < 1.29 is 9.59 Å². The number of rotatable bonds is 4. The maximum atomic E-state index is 11.8. The molecule has 2 aromatic rings. The van der Waals surface area contributed by atoms with Gasteiger partial charge in [0.15, 0.2) is 0 Å². The van der Waals surface area contributed by atoms with Gasteiger partial charge in [-0.2, -0.15) is 5.10 Å². The number of anilines is 1. The summed E-state index contributed by atoms with van der Waals surface area (Å²) in [6.07, 6.45) is 1.48. The molecule has 0 aliphatic heterocycles. The number of hydrogen-bond donors (Lipinski definition) is 2. The molecule has 0 unspecified atom stereocenters. The molecule has 2 amide bonds. The molecule has 0 atom stereocenters. The lowest BCUT2D eigenvalue weighted by atomic mass is 10.0. The van der Waals surface area contributed by atoms with Crippen LogP contribution in [0.3, 0.4) is 0 Å². The maximum absolute atomic E-state index is 11.8. The number of carbonyl (C=O) groups is 2. The molecular formula is C18H18ClN3O2. The minimum Gasteiger partial charge on any atom is -0.316 e. The Hall–Kier alpha value is -2.66. The number of benzene rings is 2. The first-order valence-corrected chi connectivity index (χ1v) is 7.84. The zero-order valence-electron chi connectivity index (χ0n) is 13.4. The highest BCUT2D eigenvalue weighted by Gasteiger charge is 2.13. The Bertz CT molecular complexity index is 755. The number of nitrogens with zero attached hydrogens (tertiary/aromatic N) is 1. The van der Waals surface area contributed by atoms with Crippen molar-refractivity contribution in [2.24, 2.45) is 5.10 Å². The highest BCUT2D eigenvalue weighted by Crippen LogP contribution is 2.20. The van der Waals surface area contributed by atoms with Gasteiger partial charge in [-0.05, 0) is 29.2 Å². The lowest BCUT2D eigenvalue weighted by Crippen LogP contribution is -2.32. The molecule has 5 nitrogen and oxygen atoms in total. The predicted octanol–water partition coefficient (Wildman–Crippen LogP) is 3.55. The minimum absolute atomic E-state index is 0.354. The molecule has 24 heavy (non-hydrogen) atoms. The van der Waals surface area contributed by atoms with Gasteiger partial charge >= 0.3 is 11.8 Å². The van der Waals surface area contributed by atoms with Crippen LogP contribution in [0.1, 0.15) is 30.9 Å². The first kappa shape index (κ1) is 17.7. The molecule has 0 spiro atoms. The van der Waals surface area contributed by atoms with Crippen LogP contribution in [-0.2, 0) is 9.59 Å². The quantitative estimate of drug-likeness (QED) is 0.506. The minimum atomic E-state index is -0.870. The van der Waals surface area contributed by atoms with Crippen molar-refractivity contribution >= 4 is 35.3 Å². The highest BCUT2D eigenvalue weighted by molar-refractivity contribution is 6.41. The van der Waals surface area contributed by atoms with Gasteiger partial charge in [0, 0.05) is 0 Å². The van der Waals surface area contributed by atoms with Crippen LogP contribution in [0.5, 0.6) is 0 Å². The summed E-state index contributed by atoms with van der Waals surface area (Å²) in [6.45, 7) is 4.22. The van der Waals surface area contributed by atoms with Crippen LogP contribution in [0.25, 0.3) is 0 Å². The van der Waals surface area contributed by atoms with Crippen molar-refractivity contribution in [3.63, 3.8) is 0 Å². The average molecular weight is 344 g/mol. The van der Waals surface area contributed by atoms with Gasteiger partial charge in [0.1, 0.15) is 0 Å². The highest BCUT2D eigenvalue weighted by atomic mass is 35.5. The molecule has 0 saturated heterocycles. The Morgan fingerprint density at radius 2 is 1.71 bits per heavy atom. The van der Waals surface area contributed by atoms with Gasteiger partial charge in [0.25, 0.3) is 0 Å². The second-order valence-corrected chi connectivity index (χ2v) is 5.86. The SMILES string of the molecule is CC(C)c1ccc(/C=N\NC(=O)C(=O)Nc2ccccc2Cl)cc1. The zero-order valence-corrected chi connectivity index (χ0v) is 14.2. The van der Waals surface area contributed by atoms with Crippen molar-refractivity contribution in [3.8, 4) is 0 Å². The lowest BCUT2D eigenvalue weighted by molar-refractivity contribution is -0.136. The molecule has 6 heteroatoms. The Kier molecular flexibility index (Phi) is 6.09. The van der Waals surface area contributed by atoms with Crippen LogP contribution >= 0.6 is 11.6 Å². The van der Waals surface area contributed by atoms with Crippen LogP contribution in [0, 0.1) is 0 Å². The molecule has 0 aromatic heterocycles. The standard InChI is InChI=1S/C18H18ClN3O2/c1-12(2)14-9-7-13(8-10-14)11-20-22-18(24)17(23)21-16-6-4-3-5-15(16)19/h3-12H,1-2H3,(H,21,23)(H,22,24)/b20-11-. The van der Waals surface area contributed by atoms with E-state index in [2.05, 4.69) is 29.7 Å². The van der Waals surface area contributed by atoms with Crippen molar-refractivity contribution in [3.05, 3.63) is 64.7 Å². The maximum Gasteiger partial charge on any atom is 0.329 e. The average Bonchev–Trinajstić information content (AvgIpc) is 2.57. The molecule has 2 N–H and O–H groups in total. The molecule has 0 bridgehead atoms. The summed E-state index contributed by atoms with van der Waals surface area (Å²) in [5.74, 6) is -1.26. The fourth-order valence-corrected chi connectivity index (χ4v) is 2.11. The summed E-state index contributed by atoms with van der Waals surface area (Å²) < 4.78 is 0. The number of hydrazone groups is 1. The Morgan fingerprint density at radius 3 is 2.33 bits per heavy atom. The van der Waals surface area contributed by atoms with Crippen molar-refractivity contribution in [2.75, 3.05) is 5.32 Å². The summed E-state index contributed by atoms with van der Waals surface area (Å²) in [7, 11) is 0. The molecule has 0 heterocycles. The molecule has 0 radical (unpaired) electrons. The summed E-state index contributed by atoms with van der Waals surface area (Å²) in [6, 6.07) is 14.5. The van der Waals surface area contributed by atoms with E-state index in [1.54, 1.807) is 24.3 Å². The van der Waals surface area contributed by atoms with E-state index in [0.29, 0.717) is 16.6 Å². The van der Waals surface area contributed by atoms with E-state index >= 15 is 0 Å². The van der Waals surface area contributed by atoms with E-state index in [0.717, 1.165) is 5.56 Å². The topological polar surface area (TPSA) is 70.6 Å². The molecule has 124 valence electrons. The van der Waals surface area contributed by atoms with Gasteiger partial charge in [-0.25, -0.2) is 5.43 Å². The number of hydrogen-bond acceptors (Lipinski definition) is 3. The lowest BCUT2D eigenvalue weighted by Gasteiger charge is -2.05. The second-order valence-electron chi connectivity index (χ2n) is 5.45. The van der Waals surface area contributed by atoms with Crippen LogP contribution in [0.2, 0.25) is 5.02 Å². The number of carbonyl (C=O) groups excluding carboxylic acids is 2. The van der Waals surface area contributed by atoms with Crippen LogP contribution in [0.15, 0.2) is 53.6 Å². The predicted molar refractivity (Wildman–Crippen MR) is 96.3 cm³/mol. The second kappa shape index (κ2) is 8.26. The fourth-order valence-electron chi connectivity index (χ4n) is 1.92. The molecular weight excluding hydrogens is 326 g/mol. The van der Waals surface area contributed by atoms with Crippen LogP contribution in [-0.4, -0.2) is 18.0 Å². The first-order chi connectivity index (χ1) is 11.5. The third kappa shape index (κ3) is 4.93. The van der Waals surface area contributed by atoms with E-state index < -0.39 is 11.8 Å². The first-order valence-electron chi connectivity index (χ1n) is 7.46. The molecule has 0 saturated carbocycles. The monoisotopic (exact) mass is 343 g/mol. The third-order valence-corrected chi connectivity index (χ3v) is 3.64. The molecule has 0 aliphatic carbocycles. The Balaban J connectivity index is 1.90. The van der Waals surface area contributed by atoms with Crippen molar-refractivity contribution in [2.45, 2.75) is 19.8 Å². The van der Waals surface area contributed by atoms with E-state index in [1.165, 1.54) is 11.8 Å².